The molecule has 1 atom stereocenters. The van der Waals surface area contributed by atoms with Gasteiger partial charge >= 0.3 is 15.2 Å². The average Bonchev–Trinajstić information content (AvgIpc) is 1.99. The van der Waals surface area contributed by atoms with Crippen LogP contribution in [0.1, 0.15) is 26.7 Å². The van der Waals surface area contributed by atoms with Gasteiger partial charge in [-0.2, -0.15) is 0 Å². The zero-order chi connectivity index (χ0) is 12.5. The molecule has 0 rings (SSSR count). The van der Waals surface area contributed by atoms with Gasteiger partial charge in [-0.05, 0) is 6.42 Å². The van der Waals surface area contributed by atoms with Crippen LogP contribution in [0.5, 0.6) is 0 Å². The molecule has 0 radical (unpaired) electrons. The predicted octanol–water partition coefficient (Wildman–Crippen LogP) is 0.424. The van der Waals surface area contributed by atoms with E-state index in [0.29, 0.717) is 6.42 Å². The molecular formula is C6H16O7P2. The molecule has 0 aromatic heterocycles. The molecule has 0 heterocycles. The summed E-state index contributed by atoms with van der Waals surface area (Å²) in [7, 11) is -10.6. The van der Waals surface area contributed by atoms with Gasteiger partial charge in [0.25, 0.3) is 5.08 Å². The summed E-state index contributed by atoms with van der Waals surface area (Å²) in [5, 5.41) is 6.28. The second-order valence-electron chi connectivity index (χ2n) is 3.47. The van der Waals surface area contributed by atoms with Crippen LogP contribution in [0.25, 0.3) is 0 Å². The number of hydrogen-bond donors (Lipinski definition) is 5. The summed E-state index contributed by atoms with van der Waals surface area (Å²) < 4.78 is 21.9. The Morgan fingerprint density at radius 1 is 1.13 bits per heavy atom. The molecule has 92 valence electrons. The largest absolute Gasteiger partial charge is 0.369 e. The maximum atomic E-state index is 11.0. The van der Waals surface area contributed by atoms with Crippen molar-refractivity contribution in [3.63, 3.8) is 0 Å². The van der Waals surface area contributed by atoms with E-state index < -0.39 is 26.2 Å². The van der Waals surface area contributed by atoms with Gasteiger partial charge < -0.3 is 24.7 Å². The summed E-state index contributed by atoms with van der Waals surface area (Å²) in [4.78, 5) is 35.4. The van der Waals surface area contributed by atoms with Gasteiger partial charge in [-0.3, -0.25) is 9.13 Å². The number of rotatable bonds is 5. The highest BCUT2D eigenvalue weighted by molar-refractivity contribution is 7.72. The van der Waals surface area contributed by atoms with Crippen molar-refractivity contribution in [2.45, 2.75) is 31.8 Å². The quantitative estimate of drug-likeness (QED) is 0.453. The van der Waals surface area contributed by atoms with E-state index in [-0.39, 0.29) is 6.42 Å². The zero-order valence-corrected chi connectivity index (χ0v) is 10.2. The van der Waals surface area contributed by atoms with Gasteiger partial charge in [-0.25, -0.2) is 0 Å². The lowest BCUT2D eigenvalue weighted by Gasteiger charge is -2.34. The number of aliphatic hydroxyl groups is 1. The topological polar surface area (TPSA) is 135 Å². The van der Waals surface area contributed by atoms with Crippen LogP contribution in [0.15, 0.2) is 0 Å². The van der Waals surface area contributed by atoms with Gasteiger partial charge in [0.2, 0.25) is 0 Å². The van der Waals surface area contributed by atoms with Crippen molar-refractivity contribution in [1.82, 2.24) is 0 Å². The Bertz CT molecular complexity index is 281. The van der Waals surface area contributed by atoms with Crippen molar-refractivity contribution in [2.24, 2.45) is 5.92 Å². The van der Waals surface area contributed by atoms with Gasteiger partial charge in [0.15, 0.2) is 0 Å². The van der Waals surface area contributed by atoms with Crippen LogP contribution >= 0.6 is 15.2 Å². The summed E-state index contributed by atoms with van der Waals surface area (Å²) in [5.41, 5.74) is 0. The third-order valence-electron chi connectivity index (χ3n) is 2.24. The average molecular weight is 262 g/mol. The standard InChI is InChI=1S/C6H16O7P2/c1-3-4-5(2)6(7,14(8,9)10)15(11,12)13/h5,7H,3-4H2,1-2H3,(H2,8,9,10)(H2,11,12,13). The maximum absolute atomic E-state index is 11.0. The lowest BCUT2D eigenvalue weighted by Crippen LogP contribution is -2.36. The summed E-state index contributed by atoms with van der Waals surface area (Å²) >= 11 is 0. The molecule has 0 aromatic rings. The number of hydrogen-bond acceptors (Lipinski definition) is 3. The predicted molar refractivity (Wildman–Crippen MR) is 53.1 cm³/mol. The van der Waals surface area contributed by atoms with Crippen LogP contribution in [0, 0.1) is 5.92 Å². The minimum Gasteiger partial charge on any atom is -0.367 e. The summed E-state index contributed by atoms with van der Waals surface area (Å²) in [5.74, 6) is -1.19. The van der Waals surface area contributed by atoms with Crippen LogP contribution in [0.4, 0.5) is 0 Å². The van der Waals surface area contributed by atoms with Crippen LogP contribution in [-0.4, -0.2) is 29.8 Å². The van der Waals surface area contributed by atoms with E-state index in [0.717, 1.165) is 0 Å². The lowest BCUT2D eigenvalue weighted by molar-refractivity contribution is 0.0813. The van der Waals surface area contributed by atoms with E-state index in [2.05, 4.69) is 0 Å². The molecular weight excluding hydrogens is 246 g/mol. The van der Waals surface area contributed by atoms with Crippen molar-refractivity contribution in [3.8, 4) is 0 Å². The lowest BCUT2D eigenvalue weighted by atomic mass is 10.1. The van der Waals surface area contributed by atoms with E-state index in [4.69, 9.17) is 19.6 Å². The highest BCUT2D eigenvalue weighted by Gasteiger charge is 2.62. The van der Waals surface area contributed by atoms with Gasteiger partial charge in [-0.15, -0.1) is 0 Å². The molecule has 9 heteroatoms. The molecule has 7 nitrogen and oxygen atoms in total. The Morgan fingerprint density at radius 3 is 1.67 bits per heavy atom. The molecule has 0 spiro atoms. The summed E-state index contributed by atoms with van der Waals surface area (Å²) in [6, 6.07) is 0. The molecule has 0 fully saturated rings. The Hall–Kier alpha value is 0.260. The molecule has 0 aliphatic rings. The SMILES string of the molecule is CCCC(C)C(O)(P(=O)(O)O)P(=O)(O)O. The second kappa shape index (κ2) is 4.63. The first kappa shape index (κ1) is 15.3. The molecule has 0 saturated carbocycles. The first-order chi connectivity index (χ1) is 6.48. The first-order valence-electron chi connectivity index (χ1n) is 4.32. The van der Waals surface area contributed by atoms with Gasteiger partial charge in [0.1, 0.15) is 0 Å². The van der Waals surface area contributed by atoms with Gasteiger partial charge in [-0.1, -0.05) is 20.3 Å². The van der Waals surface area contributed by atoms with Crippen LogP contribution in [-0.2, 0) is 9.13 Å². The smallest absolute Gasteiger partial charge is 0.367 e. The zero-order valence-electron chi connectivity index (χ0n) is 8.44. The van der Waals surface area contributed by atoms with E-state index in [1.165, 1.54) is 6.92 Å². The van der Waals surface area contributed by atoms with E-state index in [1.807, 2.05) is 0 Å². The third-order valence-corrected chi connectivity index (χ3v) is 6.40. The Kier molecular flexibility index (Phi) is 4.71. The van der Waals surface area contributed by atoms with Crippen LogP contribution < -0.4 is 0 Å². The molecule has 0 aromatic carbocycles. The Balaban J connectivity index is 5.43. The van der Waals surface area contributed by atoms with Gasteiger partial charge in [0, 0.05) is 5.92 Å². The van der Waals surface area contributed by atoms with E-state index in [9.17, 15) is 14.2 Å². The van der Waals surface area contributed by atoms with Gasteiger partial charge in [0.05, 0.1) is 0 Å². The first-order valence-corrected chi connectivity index (χ1v) is 7.54. The normalized spacial score (nSPS) is 16.5. The molecule has 5 N–H and O–H groups in total. The van der Waals surface area contributed by atoms with Crippen molar-refractivity contribution >= 4 is 15.2 Å². The molecule has 0 aliphatic carbocycles. The van der Waals surface area contributed by atoms with Crippen LogP contribution in [0.3, 0.4) is 0 Å². The fourth-order valence-corrected chi connectivity index (χ4v) is 4.13. The molecule has 0 bridgehead atoms. The Morgan fingerprint density at radius 2 is 1.47 bits per heavy atom. The highest BCUT2D eigenvalue weighted by atomic mass is 31.2. The van der Waals surface area contributed by atoms with Crippen molar-refractivity contribution in [1.29, 1.82) is 0 Å². The van der Waals surface area contributed by atoms with Crippen molar-refractivity contribution in [3.05, 3.63) is 0 Å². The van der Waals surface area contributed by atoms with Crippen molar-refractivity contribution < 1.29 is 33.8 Å². The van der Waals surface area contributed by atoms with E-state index in [1.54, 1.807) is 6.92 Å². The van der Waals surface area contributed by atoms with Crippen molar-refractivity contribution in [2.75, 3.05) is 0 Å². The fraction of sp³-hybridized carbons (Fsp3) is 1.00. The summed E-state index contributed by atoms with van der Waals surface area (Å²) in [6.45, 7) is 2.87. The fourth-order valence-electron chi connectivity index (χ4n) is 1.37. The maximum Gasteiger partial charge on any atom is 0.369 e. The van der Waals surface area contributed by atoms with E-state index >= 15 is 0 Å². The minimum absolute atomic E-state index is 0.104. The molecule has 15 heavy (non-hydrogen) atoms. The minimum atomic E-state index is -5.30. The Labute approximate surface area is 87.5 Å². The van der Waals surface area contributed by atoms with Crippen LogP contribution in [0.2, 0.25) is 0 Å². The molecule has 0 aliphatic heterocycles. The monoisotopic (exact) mass is 262 g/mol. The second-order valence-corrected chi connectivity index (χ2v) is 7.36. The summed E-state index contributed by atoms with van der Waals surface area (Å²) in [6.07, 6.45) is 0.552. The third kappa shape index (κ3) is 2.88. The molecule has 1 unspecified atom stereocenters. The highest BCUT2D eigenvalue weighted by Crippen LogP contribution is 2.70. The molecule has 0 saturated heterocycles. The molecule has 0 amide bonds.